The molecule has 0 atom stereocenters. The average Bonchev–Trinajstić information content (AvgIpc) is 3.20. The van der Waals surface area contributed by atoms with Crippen LogP contribution in [0, 0.1) is 0 Å². The fourth-order valence-electron chi connectivity index (χ4n) is 3.75. The fourth-order valence-corrected chi connectivity index (χ4v) is 3.75. The van der Waals surface area contributed by atoms with E-state index in [2.05, 4.69) is 32.6 Å². The number of aromatic nitrogens is 5. The van der Waals surface area contributed by atoms with Crippen LogP contribution in [0.1, 0.15) is 11.4 Å². The van der Waals surface area contributed by atoms with Gasteiger partial charge >= 0.3 is 0 Å². The molecule has 0 saturated carbocycles. The minimum atomic E-state index is -0.154. The molecule has 0 radical (unpaired) electrons. The molecule has 0 aliphatic carbocycles. The molecule has 0 unspecified atom stereocenters. The Labute approximate surface area is 176 Å². The van der Waals surface area contributed by atoms with Gasteiger partial charge < -0.3 is 10.1 Å². The first-order valence-corrected chi connectivity index (χ1v) is 9.85. The van der Waals surface area contributed by atoms with Crippen molar-refractivity contribution in [3.63, 3.8) is 0 Å². The molecule has 8 heteroatoms. The third-order valence-corrected chi connectivity index (χ3v) is 5.27. The normalized spacial score (nSPS) is 13.1. The van der Waals surface area contributed by atoms with Crippen LogP contribution in [0.15, 0.2) is 66.9 Å². The second-order valence-corrected chi connectivity index (χ2v) is 7.36. The summed E-state index contributed by atoms with van der Waals surface area (Å²) in [7, 11) is 0. The van der Waals surface area contributed by atoms with Gasteiger partial charge in [0.1, 0.15) is 5.75 Å². The molecule has 1 N–H and O–H groups in total. The predicted molar refractivity (Wildman–Crippen MR) is 115 cm³/mol. The zero-order chi connectivity index (χ0) is 20.8. The van der Waals surface area contributed by atoms with Crippen LogP contribution in [0.5, 0.6) is 5.75 Å². The van der Waals surface area contributed by atoms with Crippen molar-refractivity contribution in [1.82, 2.24) is 24.8 Å². The van der Waals surface area contributed by atoms with E-state index in [0.29, 0.717) is 23.5 Å². The number of nitrogens with one attached hydrogen (secondary N) is 1. The van der Waals surface area contributed by atoms with E-state index in [9.17, 15) is 4.79 Å². The van der Waals surface area contributed by atoms with Gasteiger partial charge in [-0.2, -0.15) is 9.61 Å². The lowest BCUT2D eigenvalue weighted by molar-refractivity contribution is -0.118. The van der Waals surface area contributed by atoms with Gasteiger partial charge in [0.15, 0.2) is 18.1 Å². The third-order valence-electron chi connectivity index (χ3n) is 5.27. The molecule has 3 aromatic heterocycles. The quantitative estimate of drug-likeness (QED) is 0.492. The van der Waals surface area contributed by atoms with Gasteiger partial charge in [-0.3, -0.25) is 9.78 Å². The molecule has 0 saturated heterocycles. The smallest absolute Gasteiger partial charge is 0.262 e. The highest BCUT2D eigenvalue weighted by atomic mass is 16.5. The zero-order valence-electron chi connectivity index (χ0n) is 16.3. The van der Waals surface area contributed by atoms with Gasteiger partial charge in [-0.05, 0) is 48.0 Å². The van der Waals surface area contributed by atoms with Crippen LogP contribution in [-0.4, -0.2) is 37.3 Å². The number of amides is 1. The molecule has 5 aromatic rings. The molecule has 0 bridgehead atoms. The third kappa shape index (κ3) is 3.14. The lowest BCUT2D eigenvalue weighted by Gasteiger charge is -2.18. The zero-order valence-corrected chi connectivity index (χ0v) is 16.3. The Bertz CT molecular complexity index is 1480. The van der Waals surface area contributed by atoms with Crippen molar-refractivity contribution in [3.8, 4) is 17.0 Å². The summed E-state index contributed by atoms with van der Waals surface area (Å²) in [5.41, 5.74) is 5.07. The number of hydrogen-bond acceptors (Lipinski definition) is 6. The number of nitrogens with zero attached hydrogens (tertiary/aromatic N) is 5. The van der Waals surface area contributed by atoms with Crippen LogP contribution in [-0.2, 0) is 11.2 Å². The van der Waals surface area contributed by atoms with E-state index >= 15 is 0 Å². The van der Waals surface area contributed by atoms with Crippen LogP contribution >= 0.6 is 0 Å². The number of carbonyl (C=O) groups is 1. The molecule has 4 heterocycles. The molecule has 8 nitrogen and oxygen atoms in total. The summed E-state index contributed by atoms with van der Waals surface area (Å²) in [6, 6.07) is 19.6. The van der Waals surface area contributed by atoms with Crippen LogP contribution in [0.25, 0.3) is 27.8 Å². The fraction of sp³-hybridized carbons (Fsp3) is 0.0870. The Morgan fingerprint density at radius 2 is 2.00 bits per heavy atom. The minimum absolute atomic E-state index is 0.0137. The average molecular weight is 408 g/mol. The first-order valence-electron chi connectivity index (χ1n) is 9.85. The van der Waals surface area contributed by atoms with Gasteiger partial charge in [0, 0.05) is 23.6 Å². The minimum Gasteiger partial charge on any atom is -0.482 e. The molecule has 2 aromatic carbocycles. The Kier molecular flexibility index (Phi) is 3.89. The second-order valence-electron chi connectivity index (χ2n) is 7.36. The largest absolute Gasteiger partial charge is 0.482 e. The van der Waals surface area contributed by atoms with Crippen molar-refractivity contribution >= 4 is 28.1 Å². The first kappa shape index (κ1) is 17.5. The molecule has 0 spiro atoms. The number of rotatable bonds is 3. The Balaban J connectivity index is 1.36. The lowest BCUT2D eigenvalue weighted by Crippen LogP contribution is -2.25. The number of benzene rings is 2. The maximum absolute atomic E-state index is 11.5. The summed E-state index contributed by atoms with van der Waals surface area (Å²) < 4.78 is 7.30. The van der Waals surface area contributed by atoms with E-state index < -0.39 is 0 Å². The van der Waals surface area contributed by atoms with E-state index in [1.807, 2.05) is 48.5 Å². The van der Waals surface area contributed by atoms with Crippen molar-refractivity contribution in [2.75, 3.05) is 11.9 Å². The Hall–Kier alpha value is -4.33. The molecule has 150 valence electrons. The molecule has 1 amide bonds. The number of hydrogen-bond donors (Lipinski definition) is 1. The number of pyridine rings is 1. The molecular formula is C23H16N6O2. The molecule has 1 aliphatic rings. The maximum Gasteiger partial charge on any atom is 0.262 e. The maximum atomic E-state index is 11.5. The van der Waals surface area contributed by atoms with Crippen LogP contribution in [0.2, 0.25) is 0 Å². The summed E-state index contributed by atoms with van der Waals surface area (Å²) in [5.74, 6) is 1.23. The van der Waals surface area contributed by atoms with E-state index in [1.54, 1.807) is 10.7 Å². The number of fused-ring (bicyclic) bond motifs is 3. The van der Waals surface area contributed by atoms with E-state index in [1.165, 1.54) is 0 Å². The summed E-state index contributed by atoms with van der Waals surface area (Å²) in [6.45, 7) is 0.0137. The lowest BCUT2D eigenvalue weighted by atomic mass is 10.1. The first-order chi connectivity index (χ1) is 15.2. The van der Waals surface area contributed by atoms with Gasteiger partial charge in [-0.25, -0.2) is 0 Å². The van der Waals surface area contributed by atoms with Crippen LogP contribution in [0.3, 0.4) is 0 Å². The highest BCUT2D eigenvalue weighted by Gasteiger charge is 2.17. The van der Waals surface area contributed by atoms with Gasteiger partial charge in [0.25, 0.3) is 5.91 Å². The summed E-state index contributed by atoms with van der Waals surface area (Å²) in [6.07, 6.45) is 2.39. The van der Waals surface area contributed by atoms with Crippen molar-refractivity contribution in [2.24, 2.45) is 0 Å². The summed E-state index contributed by atoms with van der Waals surface area (Å²) in [4.78, 5) is 15.9. The van der Waals surface area contributed by atoms with E-state index in [0.717, 1.165) is 33.5 Å². The van der Waals surface area contributed by atoms with Gasteiger partial charge in [0.05, 0.1) is 16.9 Å². The SMILES string of the molecule is O=C1COc2cc(-c3ccc4nnc(Cc5ccc6ncccc6c5)n4n3)ccc2N1. The van der Waals surface area contributed by atoms with Crippen LogP contribution in [0.4, 0.5) is 5.69 Å². The molecule has 6 rings (SSSR count). The molecule has 1 aliphatic heterocycles. The summed E-state index contributed by atoms with van der Waals surface area (Å²) >= 11 is 0. The van der Waals surface area contributed by atoms with Gasteiger partial charge in [-0.1, -0.05) is 18.2 Å². The second kappa shape index (κ2) is 6.88. The van der Waals surface area contributed by atoms with Crippen molar-refractivity contribution in [3.05, 3.63) is 78.2 Å². The van der Waals surface area contributed by atoms with E-state index in [4.69, 9.17) is 9.84 Å². The summed E-state index contributed by atoms with van der Waals surface area (Å²) in [5, 5.41) is 17.3. The standard InChI is InChI=1S/C23H16N6O2/c30-23-13-31-20-12-16(4-6-19(20)25-23)18-7-8-21-26-27-22(29(21)28-18)11-14-3-5-17-15(10-14)2-1-9-24-17/h1-10,12H,11,13H2,(H,25,30). The molecule has 0 fully saturated rings. The van der Waals surface area contributed by atoms with Crippen molar-refractivity contribution < 1.29 is 9.53 Å². The predicted octanol–water partition coefficient (Wildman–Crippen LogP) is 3.26. The molecular weight excluding hydrogens is 392 g/mol. The Morgan fingerprint density at radius 1 is 1.03 bits per heavy atom. The van der Waals surface area contributed by atoms with Crippen molar-refractivity contribution in [1.29, 1.82) is 0 Å². The molecule has 31 heavy (non-hydrogen) atoms. The highest BCUT2D eigenvalue weighted by Crippen LogP contribution is 2.32. The van der Waals surface area contributed by atoms with Gasteiger partial charge in [0.2, 0.25) is 0 Å². The monoisotopic (exact) mass is 408 g/mol. The number of carbonyl (C=O) groups excluding carboxylic acids is 1. The number of ether oxygens (including phenoxy) is 1. The topological polar surface area (TPSA) is 94.3 Å². The number of anilines is 1. The van der Waals surface area contributed by atoms with Crippen LogP contribution < -0.4 is 10.1 Å². The van der Waals surface area contributed by atoms with Crippen molar-refractivity contribution in [2.45, 2.75) is 6.42 Å². The Morgan fingerprint density at radius 3 is 2.97 bits per heavy atom. The highest BCUT2D eigenvalue weighted by molar-refractivity contribution is 5.95. The van der Waals surface area contributed by atoms with E-state index in [-0.39, 0.29) is 12.5 Å². The van der Waals surface area contributed by atoms with Gasteiger partial charge in [-0.15, -0.1) is 10.2 Å².